The maximum Gasteiger partial charge on any atom is 0.349 e. The highest BCUT2D eigenvalue weighted by Gasteiger charge is 2.14. The van der Waals surface area contributed by atoms with Gasteiger partial charge in [-0.3, -0.25) is 0 Å². The molecule has 1 amide bonds. The number of benzene rings is 3. The molecule has 4 aromatic rings. The van der Waals surface area contributed by atoms with E-state index < -0.39 is 6.03 Å². The van der Waals surface area contributed by atoms with Gasteiger partial charge < -0.3 is 27.0 Å². The lowest BCUT2D eigenvalue weighted by Gasteiger charge is -2.10. The number of hydrogen-bond donors (Lipinski definition) is 4. The molecule has 6 N–H and O–H groups in total. The van der Waals surface area contributed by atoms with Gasteiger partial charge in [0.15, 0.2) is 0 Å². The topological polar surface area (TPSA) is 127 Å². The van der Waals surface area contributed by atoms with Gasteiger partial charge in [-0.1, -0.05) is 36.4 Å². The first-order chi connectivity index (χ1) is 15.9. The number of rotatable bonds is 6. The molecule has 0 aliphatic heterocycles. The fraction of sp³-hybridized carbons (Fsp3) is 0.125. The third kappa shape index (κ3) is 5.46. The summed E-state index contributed by atoms with van der Waals surface area (Å²) in [5.74, 6) is 0.218. The van der Waals surface area contributed by atoms with Crippen molar-refractivity contribution in [3.8, 4) is 11.1 Å². The molecule has 0 atom stereocenters. The van der Waals surface area contributed by atoms with Crippen molar-refractivity contribution in [1.82, 2.24) is 19.7 Å². The minimum atomic E-state index is -0.508. The van der Waals surface area contributed by atoms with E-state index in [0.29, 0.717) is 11.4 Å². The van der Waals surface area contributed by atoms with Crippen LogP contribution in [0, 0.1) is 0 Å². The molecule has 9 heteroatoms. The summed E-state index contributed by atoms with van der Waals surface area (Å²) in [4.78, 5) is 18.9. The number of nitrogens with one attached hydrogen (secondary N) is 2. The average Bonchev–Trinajstić information content (AvgIpc) is 3.15. The number of hydrogen-bond acceptors (Lipinski definition) is 7. The Hall–Kier alpha value is -4.37. The maximum absolute atomic E-state index is 12.7. The Balaban J connectivity index is 1.42. The molecule has 0 aliphatic carbocycles. The Labute approximate surface area is 192 Å². The highest BCUT2D eigenvalue weighted by atomic mass is 16.2. The van der Waals surface area contributed by atoms with Crippen LogP contribution in [0.2, 0.25) is 0 Å². The molecular weight excluding hydrogens is 416 g/mol. The lowest BCUT2D eigenvalue weighted by molar-refractivity contribution is 0.251. The molecule has 3 aromatic carbocycles. The van der Waals surface area contributed by atoms with Crippen molar-refractivity contribution in [3.63, 3.8) is 0 Å². The number of aromatic nitrogens is 3. The molecule has 0 spiro atoms. The Kier molecular flexibility index (Phi) is 6.23. The van der Waals surface area contributed by atoms with Crippen LogP contribution < -0.4 is 22.1 Å². The van der Waals surface area contributed by atoms with E-state index in [-0.39, 0.29) is 11.9 Å². The van der Waals surface area contributed by atoms with E-state index in [1.807, 2.05) is 74.8 Å². The molecule has 0 aliphatic rings. The number of carbonyl (C=O) groups excluding carboxylic acids is 1. The Morgan fingerprint density at radius 2 is 1.64 bits per heavy atom. The second-order valence-corrected chi connectivity index (χ2v) is 7.90. The lowest BCUT2D eigenvalue weighted by atomic mass is 10.0. The summed E-state index contributed by atoms with van der Waals surface area (Å²) in [6.45, 7) is 0.848. The first kappa shape index (κ1) is 21.8. The molecule has 0 saturated carbocycles. The lowest BCUT2D eigenvalue weighted by Crippen LogP contribution is -2.22. The standard InChI is InChI=1S/C24H26N8O/c1-31(2)15-16-6-10-20(11-7-16)27-23-29-22(26)32(30-23)24(33)28-21-12-8-17(9-13-21)18-4-3-5-19(25)14-18/h3-14H,15,25H2,1-2H3,(H,28,33)(H3,26,27,29,30). The molecular formula is C24H26N8O. The molecule has 0 unspecified atom stereocenters. The van der Waals surface area contributed by atoms with Crippen LogP contribution in [0.3, 0.4) is 0 Å². The highest BCUT2D eigenvalue weighted by molar-refractivity contribution is 5.92. The van der Waals surface area contributed by atoms with Crippen LogP contribution >= 0.6 is 0 Å². The van der Waals surface area contributed by atoms with Crippen molar-refractivity contribution in [3.05, 3.63) is 78.4 Å². The van der Waals surface area contributed by atoms with Crippen LogP contribution in [-0.4, -0.2) is 39.8 Å². The zero-order valence-corrected chi connectivity index (χ0v) is 18.5. The van der Waals surface area contributed by atoms with Crippen LogP contribution in [0.4, 0.5) is 33.8 Å². The molecule has 0 bridgehead atoms. The van der Waals surface area contributed by atoms with E-state index in [1.54, 1.807) is 12.1 Å². The molecule has 168 valence electrons. The maximum atomic E-state index is 12.7. The summed E-state index contributed by atoms with van der Waals surface area (Å²) in [5, 5.41) is 10.0. The quantitative estimate of drug-likeness (QED) is 0.332. The van der Waals surface area contributed by atoms with E-state index >= 15 is 0 Å². The monoisotopic (exact) mass is 442 g/mol. The predicted octanol–water partition coefficient (Wildman–Crippen LogP) is 3.99. The molecule has 1 heterocycles. The van der Waals surface area contributed by atoms with E-state index in [0.717, 1.165) is 28.0 Å². The summed E-state index contributed by atoms with van der Waals surface area (Å²) >= 11 is 0. The van der Waals surface area contributed by atoms with E-state index in [1.165, 1.54) is 5.56 Å². The largest absolute Gasteiger partial charge is 0.399 e. The van der Waals surface area contributed by atoms with Crippen LogP contribution in [0.25, 0.3) is 11.1 Å². The number of anilines is 5. The Morgan fingerprint density at radius 1 is 0.939 bits per heavy atom. The van der Waals surface area contributed by atoms with Gasteiger partial charge in [0.2, 0.25) is 11.9 Å². The average molecular weight is 443 g/mol. The summed E-state index contributed by atoms with van der Waals surface area (Å²) in [7, 11) is 4.04. The number of nitrogens with two attached hydrogens (primary N) is 2. The van der Waals surface area contributed by atoms with Crippen molar-refractivity contribution in [2.24, 2.45) is 0 Å². The second kappa shape index (κ2) is 9.41. The molecule has 4 rings (SSSR count). The summed E-state index contributed by atoms with van der Waals surface area (Å²) in [5.41, 5.74) is 17.0. The summed E-state index contributed by atoms with van der Waals surface area (Å²) < 4.78 is 1.02. The molecule has 0 fully saturated rings. The van der Waals surface area contributed by atoms with Crippen molar-refractivity contribution in [1.29, 1.82) is 0 Å². The molecule has 0 radical (unpaired) electrons. The van der Waals surface area contributed by atoms with Gasteiger partial charge in [0.05, 0.1) is 0 Å². The molecule has 1 aromatic heterocycles. The molecule has 33 heavy (non-hydrogen) atoms. The minimum absolute atomic E-state index is 0.0180. The minimum Gasteiger partial charge on any atom is -0.399 e. The third-order valence-corrected chi connectivity index (χ3v) is 4.89. The van der Waals surface area contributed by atoms with Gasteiger partial charge in [-0.25, -0.2) is 4.79 Å². The number of amides is 1. The van der Waals surface area contributed by atoms with Gasteiger partial charge in [0.1, 0.15) is 0 Å². The number of nitrogen functional groups attached to an aromatic ring is 2. The van der Waals surface area contributed by atoms with Crippen molar-refractivity contribution in [2.75, 3.05) is 36.2 Å². The first-order valence-corrected chi connectivity index (χ1v) is 10.4. The van der Waals surface area contributed by atoms with Crippen molar-refractivity contribution in [2.45, 2.75) is 6.54 Å². The van der Waals surface area contributed by atoms with Gasteiger partial charge in [-0.15, -0.1) is 9.78 Å². The zero-order chi connectivity index (χ0) is 23.4. The summed E-state index contributed by atoms with van der Waals surface area (Å²) in [6.07, 6.45) is 0. The molecule has 0 saturated heterocycles. The van der Waals surface area contributed by atoms with Crippen molar-refractivity contribution < 1.29 is 4.79 Å². The normalized spacial score (nSPS) is 10.9. The van der Waals surface area contributed by atoms with Gasteiger partial charge in [-0.05, 0) is 67.2 Å². The fourth-order valence-electron chi connectivity index (χ4n) is 3.35. The van der Waals surface area contributed by atoms with Crippen LogP contribution in [0.1, 0.15) is 5.56 Å². The second-order valence-electron chi connectivity index (χ2n) is 7.90. The third-order valence-electron chi connectivity index (χ3n) is 4.89. The SMILES string of the molecule is CN(C)Cc1ccc(Nc2nc(N)n(C(=O)Nc3ccc(-c4cccc(N)c4)cc3)n2)cc1. The predicted molar refractivity (Wildman–Crippen MR) is 132 cm³/mol. The Bertz CT molecular complexity index is 1250. The van der Waals surface area contributed by atoms with E-state index in [9.17, 15) is 4.79 Å². The Morgan fingerprint density at radius 3 is 2.30 bits per heavy atom. The van der Waals surface area contributed by atoms with Gasteiger partial charge in [-0.2, -0.15) is 4.98 Å². The first-order valence-electron chi connectivity index (χ1n) is 10.4. The fourth-order valence-corrected chi connectivity index (χ4v) is 3.35. The van der Waals surface area contributed by atoms with E-state index in [2.05, 4.69) is 25.6 Å². The highest BCUT2D eigenvalue weighted by Crippen LogP contribution is 2.23. The zero-order valence-electron chi connectivity index (χ0n) is 18.5. The van der Waals surface area contributed by atoms with Gasteiger partial charge in [0.25, 0.3) is 0 Å². The molecule has 9 nitrogen and oxygen atoms in total. The van der Waals surface area contributed by atoms with E-state index in [4.69, 9.17) is 11.5 Å². The number of nitrogens with zero attached hydrogens (tertiary/aromatic N) is 4. The summed E-state index contributed by atoms with van der Waals surface area (Å²) in [6, 6.07) is 22.4. The van der Waals surface area contributed by atoms with Crippen molar-refractivity contribution >= 4 is 35.0 Å². The number of carbonyl (C=O) groups is 1. The van der Waals surface area contributed by atoms with Gasteiger partial charge >= 0.3 is 6.03 Å². The smallest absolute Gasteiger partial charge is 0.349 e. The van der Waals surface area contributed by atoms with Crippen LogP contribution in [0.15, 0.2) is 72.8 Å². The van der Waals surface area contributed by atoms with Crippen LogP contribution in [0.5, 0.6) is 0 Å². The van der Waals surface area contributed by atoms with Gasteiger partial charge in [0, 0.05) is 23.6 Å². The van der Waals surface area contributed by atoms with Crippen LogP contribution in [-0.2, 0) is 6.54 Å².